The third-order valence-corrected chi connectivity index (χ3v) is 7.16. The topological polar surface area (TPSA) is 32.7 Å². The quantitative estimate of drug-likeness (QED) is 0.850. The summed E-state index contributed by atoms with van der Waals surface area (Å²) in [6.07, 6.45) is 6.36. The van der Waals surface area contributed by atoms with Gasteiger partial charge < -0.3 is 14.7 Å². The first kappa shape index (κ1) is 16.1. The third-order valence-electron chi connectivity index (χ3n) is 5.94. The Morgan fingerprint density at radius 3 is 2.81 bits per heavy atom. The number of ether oxygens (including phenoxy) is 1. The van der Waals surface area contributed by atoms with Crippen molar-refractivity contribution < 1.29 is 9.84 Å². The van der Waals surface area contributed by atoms with E-state index >= 15 is 0 Å². The number of rotatable bonds is 2. The Morgan fingerprint density at radius 2 is 2.10 bits per heavy atom. The highest BCUT2D eigenvalue weighted by molar-refractivity contribution is 7.99. The summed E-state index contributed by atoms with van der Waals surface area (Å²) in [7, 11) is 0. The molecule has 3 nitrogen and oxygen atoms in total. The summed E-state index contributed by atoms with van der Waals surface area (Å²) >= 11 is 2.02. The predicted molar refractivity (Wildman–Crippen MR) is 88.9 cm³/mol. The molecule has 1 N–H and O–H groups in total. The molecule has 21 heavy (non-hydrogen) atoms. The Hall–Kier alpha value is 0.230. The highest BCUT2D eigenvalue weighted by atomic mass is 32.2. The average molecular weight is 314 g/mol. The van der Waals surface area contributed by atoms with Gasteiger partial charge in [0.1, 0.15) is 0 Å². The monoisotopic (exact) mass is 313 g/mol. The highest BCUT2D eigenvalue weighted by Gasteiger charge is 2.47. The van der Waals surface area contributed by atoms with Gasteiger partial charge >= 0.3 is 0 Å². The van der Waals surface area contributed by atoms with Crippen LogP contribution in [0.1, 0.15) is 52.4 Å². The third kappa shape index (κ3) is 3.44. The Labute approximate surface area is 133 Å². The van der Waals surface area contributed by atoms with Crippen molar-refractivity contribution in [2.75, 3.05) is 31.2 Å². The molecule has 3 unspecified atom stereocenters. The molecule has 0 aliphatic carbocycles. The summed E-state index contributed by atoms with van der Waals surface area (Å²) in [4.78, 5) is 2.53. The molecule has 1 spiro atoms. The number of aliphatic hydroxyl groups is 1. The van der Waals surface area contributed by atoms with Gasteiger partial charge in [0.25, 0.3) is 0 Å². The van der Waals surface area contributed by atoms with Crippen molar-refractivity contribution in [3.8, 4) is 0 Å². The summed E-state index contributed by atoms with van der Waals surface area (Å²) in [6.45, 7) is 7.58. The van der Waals surface area contributed by atoms with E-state index in [0.29, 0.717) is 12.0 Å². The molecule has 4 heteroatoms. The number of nitrogens with zero attached hydrogens (tertiary/aromatic N) is 1. The predicted octanol–water partition coefficient (Wildman–Crippen LogP) is 2.91. The number of likely N-dealkylation sites (tertiary alicyclic amines) is 1. The first-order chi connectivity index (χ1) is 10.0. The van der Waals surface area contributed by atoms with Gasteiger partial charge in [0, 0.05) is 24.9 Å². The fraction of sp³-hybridized carbons (Fsp3) is 1.00. The normalized spacial score (nSPS) is 42.6. The van der Waals surface area contributed by atoms with Crippen LogP contribution in [-0.2, 0) is 4.74 Å². The van der Waals surface area contributed by atoms with E-state index in [4.69, 9.17) is 4.74 Å². The smallest absolute Gasteiger partial charge is 0.0784 e. The van der Waals surface area contributed by atoms with E-state index in [1.54, 1.807) is 0 Å². The van der Waals surface area contributed by atoms with Crippen molar-refractivity contribution in [3.63, 3.8) is 0 Å². The first-order valence-corrected chi connectivity index (χ1v) is 9.87. The Kier molecular flexibility index (Phi) is 4.90. The van der Waals surface area contributed by atoms with E-state index in [1.807, 2.05) is 11.8 Å². The molecular weight excluding hydrogens is 282 g/mol. The fourth-order valence-corrected chi connectivity index (χ4v) is 5.81. The van der Waals surface area contributed by atoms with E-state index in [1.165, 1.54) is 12.2 Å². The van der Waals surface area contributed by atoms with Crippen LogP contribution in [0.5, 0.6) is 0 Å². The number of thioether (sulfide) groups is 1. The van der Waals surface area contributed by atoms with Crippen LogP contribution in [0.2, 0.25) is 0 Å². The summed E-state index contributed by atoms with van der Waals surface area (Å²) in [5, 5.41) is 11.3. The minimum absolute atomic E-state index is 0.0906. The zero-order valence-corrected chi connectivity index (χ0v) is 14.5. The van der Waals surface area contributed by atoms with Crippen molar-refractivity contribution >= 4 is 11.8 Å². The van der Waals surface area contributed by atoms with Crippen molar-refractivity contribution in [3.05, 3.63) is 0 Å². The standard InChI is InChI=1S/C17H31NO2S/c1-14(2)18-8-3-5-17(19,6-9-18)15-4-10-20-16(12-15)7-11-21-13-16/h14-15,19H,3-13H2,1-2H3. The Morgan fingerprint density at radius 1 is 1.24 bits per heavy atom. The molecule has 0 aromatic carbocycles. The van der Waals surface area contributed by atoms with Crippen LogP contribution in [0, 0.1) is 5.92 Å². The lowest BCUT2D eigenvalue weighted by Crippen LogP contribution is -2.49. The Bertz CT molecular complexity index is 357. The summed E-state index contributed by atoms with van der Waals surface area (Å²) in [6, 6.07) is 0.597. The molecule has 0 aromatic heterocycles. The van der Waals surface area contributed by atoms with Crippen LogP contribution < -0.4 is 0 Å². The van der Waals surface area contributed by atoms with E-state index in [0.717, 1.165) is 57.6 Å². The van der Waals surface area contributed by atoms with Crippen molar-refractivity contribution in [1.82, 2.24) is 4.90 Å². The zero-order valence-electron chi connectivity index (χ0n) is 13.6. The van der Waals surface area contributed by atoms with E-state index < -0.39 is 5.60 Å². The van der Waals surface area contributed by atoms with Gasteiger partial charge in [-0.3, -0.25) is 0 Å². The molecule has 3 saturated heterocycles. The van der Waals surface area contributed by atoms with Gasteiger partial charge in [-0.25, -0.2) is 0 Å². The second kappa shape index (κ2) is 6.38. The van der Waals surface area contributed by atoms with Gasteiger partial charge in [-0.15, -0.1) is 0 Å². The van der Waals surface area contributed by atoms with Crippen molar-refractivity contribution in [2.45, 2.75) is 69.6 Å². The van der Waals surface area contributed by atoms with Gasteiger partial charge in [-0.05, 0) is 70.6 Å². The molecule has 0 aromatic rings. The second-order valence-corrected chi connectivity index (χ2v) is 8.72. The van der Waals surface area contributed by atoms with E-state index in [-0.39, 0.29) is 5.60 Å². The second-order valence-electron chi connectivity index (χ2n) is 7.61. The molecule has 3 fully saturated rings. The van der Waals surface area contributed by atoms with E-state index in [2.05, 4.69) is 18.7 Å². The molecule has 3 rings (SSSR count). The number of hydrogen-bond donors (Lipinski definition) is 1. The molecule has 0 amide bonds. The van der Waals surface area contributed by atoms with Crippen LogP contribution in [0.25, 0.3) is 0 Å². The maximum atomic E-state index is 11.3. The molecule has 122 valence electrons. The molecule has 3 atom stereocenters. The first-order valence-electron chi connectivity index (χ1n) is 8.71. The van der Waals surface area contributed by atoms with Crippen molar-refractivity contribution in [1.29, 1.82) is 0 Å². The van der Waals surface area contributed by atoms with Crippen LogP contribution in [0.15, 0.2) is 0 Å². The molecule has 0 bridgehead atoms. The fourth-order valence-electron chi connectivity index (χ4n) is 4.44. The maximum absolute atomic E-state index is 11.3. The van der Waals surface area contributed by atoms with Gasteiger partial charge in [0.2, 0.25) is 0 Å². The minimum Gasteiger partial charge on any atom is -0.390 e. The van der Waals surface area contributed by atoms with Gasteiger partial charge in [-0.2, -0.15) is 11.8 Å². The lowest BCUT2D eigenvalue weighted by atomic mass is 9.72. The molecule has 3 aliphatic rings. The maximum Gasteiger partial charge on any atom is 0.0784 e. The van der Waals surface area contributed by atoms with Gasteiger partial charge in [0.05, 0.1) is 11.2 Å². The summed E-state index contributed by atoms with van der Waals surface area (Å²) < 4.78 is 6.14. The molecular formula is C17H31NO2S. The lowest BCUT2D eigenvalue weighted by molar-refractivity contribution is -0.136. The molecule has 0 radical (unpaired) electrons. The lowest BCUT2D eigenvalue weighted by Gasteiger charge is -2.45. The summed E-state index contributed by atoms with van der Waals surface area (Å²) in [5.41, 5.74) is -0.360. The minimum atomic E-state index is -0.451. The van der Waals surface area contributed by atoms with Crippen LogP contribution in [0.4, 0.5) is 0 Å². The van der Waals surface area contributed by atoms with E-state index in [9.17, 15) is 5.11 Å². The largest absolute Gasteiger partial charge is 0.390 e. The van der Waals surface area contributed by atoms with Crippen LogP contribution in [0.3, 0.4) is 0 Å². The van der Waals surface area contributed by atoms with Crippen molar-refractivity contribution in [2.24, 2.45) is 5.92 Å². The number of hydrogen-bond acceptors (Lipinski definition) is 4. The Balaban J connectivity index is 1.66. The zero-order chi connectivity index (χ0) is 14.9. The van der Waals surface area contributed by atoms with Gasteiger partial charge in [0.15, 0.2) is 0 Å². The molecule has 0 saturated carbocycles. The average Bonchev–Trinajstić information content (AvgIpc) is 2.79. The molecule has 3 heterocycles. The summed E-state index contributed by atoms with van der Waals surface area (Å²) in [5.74, 6) is 2.81. The SMILES string of the molecule is CC(C)N1CCCC(O)(C2CCOC3(CCSC3)C2)CC1. The molecule has 3 aliphatic heterocycles. The van der Waals surface area contributed by atoms with Crippen LogP contribution in [-0.4, -0.2) is 58.5 Å². The van der Waals surface area contributed by atoms with Gasteiger partial charge in [-0.1, -0.05) is 0 Å². The highest BCUT2D eigenvalue weighted by Crippen LogP contribution is 2.46. The van der Waals surface area contributed by atoms with Crippen LogP contribution >= 0.6 is 11.8 Å².